The molecule has 16 nitrogen and oxygen atoms in total. The Kier molecular flexibility index (Phi) is 9.95. The molecule has 0 saturated heterocycles. The van der Waals surface area contributed by atoms with Crippen molar-refractivity contribution in [1.29, 1.82) is 0 Å². The minimum Gasteiger partial charge on any atom is -0.419 e. The molecule has 0 atom stereocenters. The van der Waals surface area contributed by atoms with Gasteiger partial charge >= 0.3 is 11.5 Å². The fourth-order valence-corrected chi connectivity index (χ4v) is 15.0. The van der Waals surface area contributed by atoms with Crippen molar-refractivity contribution < 1.29 is 26.8 Å². The summed E-state index contributed by atoms with van der Waals surface area (Å²) >= 11 is 0. The lowest BCUT2D eigenvalue weighted by atomic mass is 10.2. The van der Waals surface area contributed by atoms with Crippen LogP contribution in [-0.2, 0) is 68.4 Å². The van der Waals surface area contributed by atoms with Crippen LogP contribution in [0.1, 0.15) is 26.4 Å². The zero-order valence-corrected chi connectivity index (χ0v) is 49.0. The molecule has 16 heterocycles. The van der Waals surface area contributed by atoms with Gasteiger partial charge in [0.25, 0.3) is 34.4 Å². The molecule has 0 N–H and O–H groups in total. The second kappa shape index (κ2) is 18.6. The Morgan fingerprint density at radius 3 is 1.25 bits per heavy atom. The number of fused-ring (bicyclic) bond motifs is 28. The summed E-state index contributed by atoms with van der Waals surface area (Å²) in [5.74, 6) is 4.47. The second-order valence-corrected chi connectivity index (χ2v) is 23.3. The lowest BCUT2D eigenvalue weighted by molar-refractivity contribution is -0.640. The number of imidazole rings is 4. The van der Waals surface area contributed by atoms with Crippen LogP contribution in [0.2, 0.25) is 0 Å². The lowest BCUT2D eigenvalue weighted by Crippen LogP contribution is -2.31. The first-order chi connectivity index (χ1) is 44.4. The summed E-state index contributed by atoms with van der Waals surface area (Å²) in [5.41, 5.74) is 23.4. The summed E-state index contributed by atoms with van der Waals surface area (Å²) in [6.45, 7) is 1.11. The number of rotatable bonds is 1. The molecule has 0 saturated carbocycles. The number of pyridine rings is 4. The summed E-state index contributed by atoms with van der Waals surface area (Å²) in [6, 6.07) is 60.3. The van der Waals surface area contributed by atoms with Gasteiger partial charge in [-0.05, 0) is 84.9 Å². The maximum Gasteiger partial charge on any atom is 0.339 e. The molecular weight excluding hydrogens is 1090 g/mol. The molecule has 5 aromatic carbocycles. The van der Waals surface area contributed by atoms with E-state index < -0.39 is 6.98 Å². The molecule has 16 heteroatoms. The van der Waals surface area contributed by atoms with Crippen molar-refractivity contribution in [3.63, 3.8) is 0 Å². The minimum absolute atomic E-state index is 0.711. The first-order valence-corrected chi connectivity index (χ1v) is 29.7. The minimum atomic E-state index is -2.24. The largest absolute Gasteiger partial charge is 0.419 e. The number of benzene rings is 5. The van der Waals surface area contributed by atoms with E-state index in [-0.39, 0.29) is 0 Å². The Morgan fingerprint density at radius 2 is 0.750 bits per heavy atom. The average molecular weight is 1150 g/mol. The zero-order chi connectivity index (χ0) is 61.3. The summed E-state index contributed by atoms with van der Waals surface area (Å²) in [7, 11) is 10.4. The molecule has 88 heavy (non-hydrogen) atoms. The third kappa shape index (κ3) is 6.78. The first kappa shape index (κ1) is 47.0. The standard InChI is InChI=1S/C22H17N4.2C17H15N4.C16H12N3O/c1-24-21-19-15(8-7-13-23-19)14-25(21)20-17-11-5-6-12-18(17)26(22(20)24)16-9-3-2-4-10-16;2*1-19-13-8-4-3-7-12(13)15-17(19)20(2)16-14-11(10-21(15)16)6-5-9-18-14;1-18-15-13-10(5-4-8-17-13)9-19(15)14-11-6-2-3-7-12(11)20-16(14)18/h2-13H,14H2,1H3;2*3-9H,10H2,1-2H3;2-8H,9H2,1H3/q4*+1/i;1D3;;. The topological polar surface area (TPSA) is 115 Å². The van der Waals surface area contributed by atoms with Crippen molar-refractivity contribution in [1.82, 2.24) is 51.9 Å². The van der Waals surface area contributed by atoms with Crippen molar-refractivity contribution in [3.8, 4) is 51.8 Å². The van der Waals surface area contributed by atoms with E-state index in [1.807, 2.05) is 97.9 Å². The third-order valence-electron chi connectivity index (χ3n) is 18.6. The van der Waals surface area contributed by atoms with E-state index in [4.69, 9.17) is 8.53 Å². The smallest absolute Gasteiger partial charge is 0.339 e. The van der Waals surface area contributed by atoms with E-state index in [2.05, 4.69) is 197 Å². The van der Waals surface area contributed by atoms with E-state index in [0.29, 0.717) is 12.2 Å². The van der Waals surface area contributed by atoms with Gasteiger partial charge in [0, 0.05) is 47.0 Å². The highest BCUT2D eigenvalue weighted by Crippen LogP contribution is 2.41. The quantitative estimate of drug-likeness (QED) is 0.152. The van der Waals surface area contributed by atoms with Crippen molar-refractivity contribution >= 4 is 88.4 Å². The molecule has 0 radical (unpaired) electrons. The molecule has 0 bridgehead atoms. The van der Waals surface area contributed by atoms with Crippen molar-refractivity contribution in [2.75, 3.05) is 0 Å². The van der Waals surface area contributed by atoms with Crippen molar-refractivity contribution in [2.24, 2.45) is 42.2 Å². The predicted molar refractivity (Wildman–Crippen MR) is 341 cm³/mol. The molecule has 0 amide bonds. The number of furan rings is 1. The molecule has 0 unspecified atom stereocenters. The van der Waals surface area contributed by atoms with Crippen LogP contribution in [-0.4, -0.2) is 51.9 Å². The van der Waals surface area contributed by atoms with Gasteiger partial charge in [0.15, 0.2) is 22.2 Å². The monoisotopic (exact) mass is 1150 g/mol. The lowest BCUT2D eigenvalue weighted by Gasteiger charge is -2.03. The Bertz CT molecular complexity index is 5920. The SMILES string of the molecule is C[n+]1c2n(c3c4ccccc4n(-c4ccccc4)c31)Cc1cccnc1-2.C[n+]1c2n(c3c4ccccc4oc31)Cc1cccnc1-2.Cn1c2ccccc2c2c1[n+](C)c1n2Cc2cccnc2-1.[2H]C([2H])([2H])n1c2ccccc2c2c1[n+](C)c1n2Cc2cccnc2-1. The van der Waals surface area contributed by atoms with E-state index in [9.17, 15) is 0 Å². The highest BCUT2D eigenvalue weighted by Gasteiger charge is 2.40. The van der Waals surface area contributed by atoms with Crippen LogP contribution in [0.15, 0.2) is 205 Å². The Hall–Kier alpha value is -11.3. The molecule has 0 fully saturated rings. The number of aromatic nitrogens is 15. The fraction of sp³-hybridized carbons (Fsp3) is 0.139. The fourth-order valence-electron chi connectivity index (χ4n) is 15.0. The summed E-state index contributed by atoms with van der Waals surface area (Å²) in [4.78, 5) is 18.3. The molecule has 424 valence electrons. The summed E-state index contributed by atoms with van der Waals surface area (Å²) in [6.07, 6.45) is 7.39. The highest BCUT2D eigenvalue weighted by molar-refractivity contribution is 6.08. The van der Waals surface area contributed by atoms with Gasteiger partial charge < -0.3 is 4.42 Å². The molecule has 21 rings (SSSR count). The zero-order valence-electron chi connectivity index (χ0n) is 52.0. The van der Waals surface area contributed by atoms with Crippen LogP contribution in [0.25, 0.3) is 140 Å². The van der Waals surface area contributed by atoms with Gasteiger partial charge in [0.1, 0.15) is 51.4 Å². The van der Waals surface area contributed by atoms with E-state index in [1.165, 1.54) is 82.7 Å². The Morgan fingerprint density at radius 1 is 0.375 bits per heavy atom. The normalized spacial score (nSPS) is 13.6. The van der Waals surface area contributed by atoms with E-state index >= 15 is 0 Å². The van der Waals surface area contributed by atoms with Crippen LogP contribution in [0.5, 0.6) is 0 Å². The van der Waals surface area contributed by atoms with Gasteiger partial charge in [0.2, 0.25) is 5.52 Å². The van der Waals surface area contributed by atoms with Gasteiger partial charge in [-0.25, -0.2) is 56.5 Å². The van der Waals surface area contributed by atoms with Crippen molar-refractivity contribution in [3.05, 3.63) is 223 Å². The van der Waals surface area contributed by atoms with Crippen LogP contribution in [0, 0.1) is 0 Å². The Balaban J connectivity index is 0.0000000904. The van der Waals surface area contributed by atoms with Crippen LogP contribution in [0.3, 0.4) is 0 Å². The number of para-hydroxylation sites is 5. The van der Waals surface area contributed by atoms with E-state index in [1.54, 1.807) is 6.20 Å². The first-order valence-electron chi connectivity index (χ1n) is 31.2. The van der Waals surface area contributed by atoms with Gasteiger partial charge in [-0.1, -0.05) is 91.0 Å². The molecule has 12 aromatic heterocycles. The number of hydrogen-bond donors (Lipinski definition) is 0. The van der Waals surface area contributed by atoms with Gasteiger partial charge in [-0.2, -0.15) is 4.57 Å². The number of nitrogens with zero attached hydrogens (tertiary/aromatic N) is 15. The van der Waals surface area contributed by atoms with Crippen LogP contribution in [0.4, 0.5) is 0 Å². The van der Waals surface area contributed by atoms with Crippen LogP contribution < -0.4 is 18.3 Å². The molecule has 17 aromatic rings. The molecular formula is C72H59N15O+4. The maximum absolute atomic E-state index is 8.01. The van der Waals surface area contributed by atoms with Gasteiger partial charge in [-0.3, -0.25) is 9.13 Å². The summed E-state index contributed by atoms with van der Waals surface area (Å²) < 4.78 is 54.1. The summed E-state index contributed by atoms with van der Waals surface area (Å²) in [5, 5.41) is 4.71. The van der Waals surface area contributed by atoms with Gasteiger partial charge in [0.05, 0.1) is 87.5 Å². The average Bonchev–Trinajstić information content (AvgIpc) is 1.58. The number of hydrogen-bond acceptors (Lipinski definition) is 5. The molecule has 0 aliphatic carbocycles. The highest BCUT2D eigenvalue weighted by atomic mass is 16.3. The van der Waals surface area contributed by atoms with Gasteiger partial charge in [-0.15, -0.1) is 0 Å². The van der Waals surface area contributed by atoms with Crippen LogP contribution >= 0.6 is 0 Å². The molecule has 0 spiro atoms. The van der Waals surface area contributed by atoms with Crippen molar-refractivity contribution in [2.45, 2.75) is 26.2 Å². The predicted octanol–water partition coefficient (Wildman–Crippen LogP) is 11.2. The maximum atomic E-state index is 8.01. The molecule has 4 aliphatic heterocycles. The third-order valence-corrected chi connectivity index (χ3v) is 18.6. The molecule has 4 aliphatic rings. The second-order valence-electron chi connectivity index (χ2n) is 23.3. The van der Waals surface area contributed by atoms with E-state index in [0.717, 1.165) is 98.2 Å². The Labute approximate surface area is 508 Å². The number of aryl methyl sites for hydroxylation is 6.